The number of hydrogen-bond acceptors (Lipinski definition) is 5. The average molecular weight is 280 g/mol. The van der Waals surface area contributed by atoms with Gasteiger partial charge in [-0.1, -0.05) is 30.3 Å². The van der Waals surface area contributed by atoms with Gasteiger partial charge in [0.2, 0.25) is 5.82 Å². The van der Waals surface area contributed by atoms with Gasteiger partial charge >= 0.3 is 0 Å². The third-order valence-electron chi connectivity index (χ3n) is 3.14. The summed E-state index contributed by atoms with van der Waals surface area (Å²) >= 11 is 0. The van der Waals surface area contributed by atoms with Crippen LogP contribution in [0.4, 0.5) is 0 Å². The Morgan fingerprint density at radius 3 is 2.62 bits per heavy atom. The summed E-state index contributed by atoms with van der Waals surface area (Å²) < 4.78 is 0. The van der Waals surface area contributed by atoms with Crippen LogP contribution in [-0.4, -0.2) is 31.7 Å². The van der Waals surface area contributed by atoms with Crippen molar-refractivity contribution in [1.29, 1.82) is 0 Å². The molecule has 0 saturated heterocycles. The Kier molecular flexibility index (Phi) is 3.97. The first-order valence-corrected chi connectivity index (χ1v) is 6.81. The molecule has 0 amide bonds. The second-order valence-electron chi connectivity index (χ2n) is 4.74. The molecule has 106 valence electrons. The van der Waals surface area contributed by atoms with E-state index < -0.39 is 0 Å². The van der Waals surface area contributed by atoms with Gasteiger partial charge in [0.05, 0.1) is 6.54 Å². The maximum absolute atomic E-state index is 5.54. The lowest BCUT2D eigenvalue weighted by atomic mass is 10.1. The topological polar surface area (TPSA) is 82.5 Å². The maximum Gasteiger partial charge on any atom is 0.204 e. The fourth-order valence-corrected chi connectivity index (χ4v) is 2.07. The van der Waals surface area contributed by atoms with E-state index in [0.717, 1.165) is 17.5 Å². The summed E-state index contributed by atoms with van der Waals surface area (Å²) in [4.78, 5) is 5.64. The smallest absolute Gasteiger partial charge is 0.204 e. The van der Waals surface area contributed by atoms with Crippen LogP contribution in [0.25, 0.3) is 11.4 Å². The molecule has 2 N–H and O–H groups in total. The van der Waals surface area contributed by atoms with Crippen molar-refractivity contribution in [3.63, 3.8) is 0 Å². The van der Waals surface area contributed by atoms with E-state index in [2.05, 4.69) is 20.4 Å². The van der Waals surface area contributed by atoms with Gasteiger partial charge in [-0.05, 0) is 35.4 Å². The second kappa shape index (κ2) is 6.23. The standard InChI is InChI=1S/C15H16N6/c16-8-7-12-3-5-14(6-4-12)15-18-20-21(19-15)11-13-2-1-9-17-10-13/h1-6,9-10H,7-8,11,16H2. The first-order valence-electron chi connectivity index (χ1n) is 6.81. The molecule has 0 radical (unpaired) electrons. The Bertz CT molecular complexity index is 690. The maximum atomic E-state index is 5.54. The van der Waals surface area contributed by atoms with Crippen LogP contribution >= 0.6 is 0 Å². The molecule has 6 nitrogen and oxygen atoms in total. The number of nitrogens with two attached hydrogens (primary N) is 1. The zero-order valence-electron chi connectivity index (χ0n) is 11.6. The third-order valence-corrected chi connectivity index (χ3v) is 3.14. The normalized spacial score (nSPS) is 10.7. The summed E-state index contributed by atoms with van der Waals surface area (Å²) in [6.45, 7) is 1.21. The average Bonchev–Trinajstić information content (AvgIpc) is 2.98. The van der Waals surface area contributed by atoms with Gasteiger partial charge in [-0.15, -0.1) is 10.2 Å². The fraction of sp³-hybridized carbons (Fsp3) is 0.200. The van der Waals surface area contributed by atoms with Crippen molar-refractivity contribution in [2.75, 3.05) is 6.54 Å². The van der Waals surface area contributed by atoms with Gasteiger partial charge in [-0.2, -0.15) is 4.80 Å². The van der Waals surface area contributed by atoms with Crippen LogP contribution in [0.15, 0.2) is 48.8 Å². The number of aromatic nitrogens is 5. The number of benzene rings is 1. The lowest BCUT2D eigenvalue weighted by Crippen LogP contribution is -2.04. The van der Waals surface area contributed by atoms with Crippen LogP contribution in [0.2, 0.25) is 0 Å². The summed E-state index contributed by atoms with van der Waals surface area (Å²) in [6, 6.07) is 12.0. The van der Waals surface area contributed by atoms with Gasteiger partial charge in [-0.25, -0.2) is 0 Å². The van der Waals surface area contributed by atoms with Crippen LogP contribution < -0.4 is 5.73 Å². The summed E-state index contributed by atoms with van der Waals surface area (Å²) in [5, 5.41) is 12.6. The van der Waals surface area contributed by atoms with E-state index in [9.17, 15) is 0 Å². The second-order valence-corrected chi connectivity index (χ2v) is 4.74. The van der Waals surface area contributed by atoms with Crippen LogP contribution in [0, 0.1) is 0 Å². The molecule has 0 unspecified atom stereocenters. The first-order chi connectivity index (χ1) is 10.3. The highest BCUT2D eigenvalue weighted by atomic mass is 15.6. The molecule has 21 heavy (non-hydrogen) atoms. The van der Waals surface area contributed by atoms with Gasteiger partial charge in [0.1, 0.15) is 0 Å². The van der Waals surface area contributed by atoms with Crippen LogP contribution in [0.1, 0.15) is 11.1 Å². The highest BCUT2D eigenvalue weighted by Gasteiger charge is 2.06. The molecule has 2 heterocycles. The van der Waals surface area contributed by atoms with E-state index in [1.54, 1.807) is 17.2 Å². The van der Waals surface area contributed by atoms with E-state index in [4.69, 9.17) is 5.73 Å². The molecule has 0 spiro atoms. The molecule has 0 fully saturated rings. The summed E-state index contributed by atoms with van der Waals surface area (Å²) in [7, 11) is 0. The van der Waals surface area contributed by atoms with Crippen molar-refractivity contribution >= 4 is 0 Å². The minimum absolute atomic E-state index is 0.562. The van der Waals surface area contributed by atoms with E-state index in [-0.39, 0.29) is 0 Å². The summed E-state index contributed by atoms with van der Waals surface area (Å²) in [5.41, 5.74) is 8.75. The third kappa shape index (κ3) is 3.29. The Labute approximate surface area is 122 Å². The zero-order chi connectivity index (χ0) is 14.5. The molecule has 0 aliphatic heterocycles. The van der Waals surface area contributed by atoms with Crippen LogP contribution in [0.3, 0.4) is 0 Å². The van der Waals surface area contributed by atoms with Gasteiger partial charge in [0.15, 0.2) is 0 Å². The highest BCUT2D eigenvalue weighted by molar-refractivity contribution is 5.54. The van der Waals surface area contributed by atoms with Crippen molar-refractivity contribution in [3.05, 3.63) is 59.9 Å². The molecule has 1 aromatic carbocycles. The number of pyridine rings is 1. The summed E-state index contributed by atoms with van der Waals surface area (Å²) in [6.07, 6.45) is 4.42. The Balaban J connectivity index is 1.75. The predicted octanol–water partition coefficient (Wildman–Crippen LogP) is 1.28. The van der Waals surface area contributed by atoms with Gasteiger partial charge in [0, 0.05) is 18.0 Å². The number of rotatable bonds is 5. The van der Waals surface area contributed by atoms with Gasteiger partial charge < -0.3 is 5.73 Å². The molecule has 3 rings (SSSR count). The number of nitrogens with zero attached hydrogens (tertiary/aromatic N) is 5. The van der Waals surface area contributed by atoms with E-state index in [0.29, 0.717) is 18.9 Å². The van der Waals surface area contributed by atoms with Crippen molar-refractivity contribution in [2.24, 2.45) is 5.73 Å². The molecule has 0 saturated carbocycles. The van der Waals surface area contributed by atoms with E-state index in [1.807, 2.05) is 36.4 Å². The summed E-state index contributed by atoms with van der Waals surface area (Å²) in [5.74, 6) is 0.623. The highest BCUT2D eigenvalue weighted by Crippen LogP contribution is 2.14. The molecular formula is C15H16N6. The van der Waals surface area contributed by atoms with Gasteiger partial charge in [0.25, 0.3) is 0 Å². The SMILES string of the molecule is NCCc1ccc(-c2nnn(Cc3cccnc3)n2)cc1. The van der Waals surface area contributed by atoms with E-state index >= 15 is 0 Å². The lowest BCUT2D eigenvalue weighted by molar-refractivity contribution is 0.572. The molecular weight excluding hydrogens is 264 g/mol. The number of tetrazole rings is 1. The monoisotopic (exact) mass is 280 g/mol. The van der Waals surface area contributed by atoms with Crippen molar-refractivity contribution in [3.8, 4) is 11.4 Å². The van der Waals surface area contributed by atoms with E-state index in [1.165, 1.54) is 5.56 Å². The van der Waals surface area contributed by atoms with Crippen LogP contribution in [-0.2, 0) is 13.0 Å². The fourth-order valence-electron chi connectivity index (χ4n) is 2.07. The molecule has 6 heteroatoms. The molecule has 0 aliphatic rings. The minimum Gasteiger partial charge on any atom is -0.330 e. The largest absolute Gasteiger partial charge is 0.330 e. The minimum atomic E-state index is 0.562. The molecule has 2 aromatic heterocycles. The van der Waals surface area contributed by atoms with Gasteiger partial charge in [-0.3, -0.25) is 4.98 Å². The molecule has 0 aliphatic carbocycles. The first kappa shape index (κ1) is 13.4. The quantitative estimate of drug-likeness (QED) is 0.761. The lowest BCUT2D eigenvalue weighted by Gasteiger charge is -2.00. The van der Waals surface area contributed by atoms with Crippen molar-refractivity contribution in [1.82, 2.24) is 25.2 Å². The zero-order valence-corrected chi connectivity index (χ0v) is 11.6. The number of hydrogen-bond donors (Lipinski definition) is 1. The van der Waals surface area contributed by atoms with Crippen molar-refractivity contribution in [2.45, 2.75) is 13.0 Å². The molecule has 0 atom stereocenters. The Hall–Kier alpha value is -2.60. The molecule has 3 aromatic rings. The predicted molar refractivity (Wildman–Crippen MR) is 79.4 cm³/mol. The molecule has 0 bridgehead atoms. The Morgan fingerprint density at radius 1 is 1.05 bits per heavy atom. The van der Waals surface area contributed by atoms with Crippen molar-refractivity contribution < 1.29 is 0 Å². The van der Waals surface area contributed by atoms with Crippen LogP contribution in [0.5, 0.6) is 0 Å². The Morgan fingerprint density at radius 2 is 1.90 bits per heavy atom.